The first kappa shape index (κ1) is 17.9. The quantitative estimate of drug-likeness (QED) is 0.723. The van der Waals surface area contributed by atoms with Gasteiger partial charge < -0.3 is 9.84 Å². The number of carbonyl (C=O) groups excluding carboxylic acids is 1. The van der Waals surface area contributed by atoms with Crippen LogP contribution in [0.5, 0.6) is 0 Å². The minimum absolute atomic E-state index is 0.0296. The van der Waals surface area contributed by atoms with Gasteiger partial charge in [-0.25, -0.2) is 0 Å². The molecule has 4 rings (SSSR count). The highest BCUT2D eigenvalue weighted by molar-refractivity contribution is 7.13. The van der Waals surface area contributed by atoms with E-state index in [0.717, 1.165) is 35.5 Å². The van der Waals surface area contributed by atoms with E-state index in [2.05, 4.69) is 20.4 Å². The number of rotatable bonds is 5. The molecule has 1 unspecified atom stereocenters. The second kappa shape index (κ2) is 8.02. The molecular formula is C20H22N4O2S. The number of benzene rings is 1. The Balaban J connectivity index is 1.37. The Morgan fingerprint density at radius 3 is 3.04 bits per heavy atom. The number of carbonyl (C=O) groups is 1. The van der Waals surface area contributed by atoms with E-state index in [9.17, 15) is 4.79 Å². The summed E-state index contributed by atoms with van der Waals surface area (Å²) in [4.78, 5) is 20.4. The summed E-state index contributed by atoms with van der Waals surface area (Å²) < 4.78 is 5.40. The predicted octanol–water partition coefficient (Wildman–Crippen LogP) is 3.96. The molecule has 1 amide bonds. The van der Waals surface area contributed by atoms with Crippen LogP contribution in [0.3, 0.4) is 0 Å². The number of hydrogen-bond acceptors (Lipinski definition) is 6. The molecule has 0 saturated carbocycles. The van der Waals surface area contributed by atoms with Crippen LogP contribution in [-0.2, 0) is 11.3 Å². The van der Waals surface area contributed by atoms with Crippen LogP contribution < -0.4 is 5.32 Å². The molecule has 6 nitrogen and oxygen atoms in total. The smallest absolute Gasteiger partial charge is 0.241 e. The van der Waals surface area contributed by atoms with Gasteiger partial charge in [0.05, 0.1) is 17.3 Å². The Morgan fingerprint density at radius 1 is 1.33 bits per heavy atom. The van der Waals surface area contributed by atoms with Gasteiger partial charge in [-0.1, -0.05) is 29.4 Å². The molecule has 3 heterocycles. The zero-order valence-electron chi connectivity index (χ0n) is 15.2. The predicted molar refractivity (Wildman–Crippen MR) is 105 cm³/mol. The number of amides is 1. The molecular weight excluding hydrogens is 360 g/mol. The van der Waals surface area contributed by atoms with Crippen LogP contribution in [0.15, 0.2) is 46.3 Å². The van der Waals surface area contributed by atoms with Crippen molar-refractivity contribution in [3.63, 3.8) is 0 Å². The van der Waals surface area contributed by atoms with Crippen molar-refractivity contribution < 1.29 is 9.32 Å². The van der Waals surface area contributed by atoms with Crippen molar-refractivity contribution in [2.24, 2.45) is 5.92 Å². The highest BCUT2D eigenvalue weighted by Crippen LogP contribution is 2.24. The number of anilines is 1. The first-order valence-corrected chi connectivity index (χ1v) is 10.0. The largest absolute Gasteiger partial charge is 0.338 e. The van der Waals surface area contributed by atoms with Gasteiger partial charge in [0.15, 0.2) is 0 Å². The SMILES string of the molecule is Cc1ccccc1NC(=O)C1CCCN(Cc2nc(-c3cccs3)no2)C1. The molecule has 1 fully saturated rings. The van der Waals surface area contributed by atoms with Crippen LogP contribution in [0, 0.1) is 12.8 Å². The Bertz CT molecular complexity index is 906. The number of hydrogen-bond donors (Lipinski definition) is 1. The third-order valence-corrected chi connectivity index (χ3v) is 5.71. The monoisotopic (exact) mass is 382 g/mol. The molecule has 1 saturated heterocycles. The summed E-state index contributed by atoms with van der Waals surface area (Å²) >= 11 is 1.59. The van der Waals surface area contributed by atoms with Crippen molar-refractivity contribution in [1.82, 2.24) is 15.0 Å². The Labute approximate surface area is 162 Å². The molecule has 27 heavy (non-hydrogen) atoms. The summed E-state index contributed by atoms with van der Waals surface area (Å²) in [5, 5.41) is 9.13. The molecule has 1 aliphatic rings. The lowest BCUT2D eigenvalue weighted by atomic mass is 9.97. The number of likely N-dealkylation sites (tertiary alicyclic amines) is 1. The van der Waals surface area contributed by atoms with Crippen molar-refractivity contribution in [1.29, 1.82) is 0 Å². The number of piperidine rings is 1. The minimum Gasteiger partial charge on any atom is -0.338 e. The fourth-order valence-corrected chi connectivity index (χ4v) is 4.03. The molecule has 0 bridgehead atoms. The van der Waals surface area contributed by atoms with Gasteiger partial charge in [-0.05, 0) is 49.4 Å². The average molecular weight is 382 g/mol. The van der Waals surface area contributed by atoms with Gasteiger partial charge in [0, 0.05) is 12.2 Å². The van der Waals surface area contributed by atoms with E-state index in [-0.39, 0.29) is 11.8 Å². The summed E-state index contributed by atoms with van der Waals surface area (Å²) in [7, 11) is 0. The van der Waals surface area contributed by atoms with Gasteiger partial charge in [0.1, 0.15) is 0 Å². The second-order valence-corrected chi connectivity index (χ2v) is 7.82. The van der Waals surface area contributed by atoms with Crippen molar-refractivity contribution >= 4 is 22.9 Å². The van der Waals surface area contributed by atoms with Gasteiger partial charge >= 0.3 is 0 Å². The number of nitrogens with zero attached hydrogens (tertiary/aromatic N) is 3. The maximum atomic E-state index is 12.7. The number of thiophene rings is 1. The first-order chi connectivity index (χ1) is 13.2. The van der Waals surface area contributed by atoms with Gasteiger partial charge in [-0.2, -0.15) is 4.98 Å². The number of aromatic nitrogens is 2. The van der Waals surface area contributed by atoms with E-state index >= 15 is 0 Å². The van der Waals surface area contributed by atoms with E-state index in [4.69, 9.17) is 4.52 Å². The van der Waals surface area contributed by atoms with E-state index in [1.807, 2.05) is 48.7 Å². The molecule has 0 spiro atoms. The summed E-state index contributed by atoms with van der Waals surface area (Å²) in [5.41, 5.74) is 1.96. The number of nitrogens with one attached hydrogen (secondary N) is 1. The van der Waals surface area contributed by atoms with Crippen molar-refractivity contribution in [3.05, 3.63) is 53.2 Å². The molecule has 1 atom stereocenters. The fourth-order valence-electron chi connectivity index (χ4n) is 3.38. The van der Waals surface area contributed by atoms with E-state index in [0.29, 0.717) is 24.8 Å². The highest BCUT2D eigenvalue weighted by atomic mass is 32.1. The van der Waals surface area contributed by atoms with Crippen molar-refractivity contribution in [2.75, 3.05) is 18.4 Å². The van der Waals surface area contributed by atoms with Crippen molar-refractivity contribution in [3.8, 4) is 10.7 Å². The van der Waals surface area contributed by atoms with Crippen LogP contribution >= 0.6 is 11.3 Å². The molecule has 2 aromatic heterocycles. The number of aryl methyl sites for hydroxylation is 1. The Kier molecular flexibility index (Phi) is 5.31. The fraction of sp³-hybridized carbons (Fsp3) is 0.350. The van der Waals surface area contributed by atoms with Crippen LogP contribution in [0.25, 0.3) is 10.7 Å². The maximum absolute atomic E-state index is 12.7. The third kappa shape index (κ3) is 4.26. The molecule has 3 aromatic rings. The Hall–Kier alpha value is -2.51. The van der Waals surface area contributed by atoms with Gasteiger partial charge in [-0.15, -0.1) is 11.3 Å². The van der Waals surface area contributed by atoms with E-state index in [1.165, 1.54) is 0 Å². The van der Waals surface area contributed by atoms with Gasteiger partial charge in [-0.3, -0.25) is 9.69 Å². The maximum Gasteiger partial charge on any atom is 0.241 e. The first-order valence-electron chi connectivity index (χ1n) is 9.14. The van der Waals surface area contributed by atoms with E-state index < -0.39 is 0 Å². The van der Waals surface area contributed by atoms with Gasteiger partial charge in [0.25, 0.3) is 0 Å². The van der Waals surface area contributed by atoms with Crippen LogP contribution in [0.4, 0.5) is 5.69 Å². The molecule has 1 N–H and O–H groups in total. The summed E-state index contributed by atoms with van der Waals surface area (Å²) in [5.74, 6) is 1.28. The Morgan fingerprint density at radius 2 is 2.22 bits per heavy atom. The summed E-state index contributed by atoms with van der Waals surface area (Å²) in [6, 6.07) is 11.8. The lowest BCUT2D eigenvalue weighted by Crippen LogP contribution is -2.40. The standard InChI is InChI=1S/C20H22N4O2S/c1-14-6-2-3-8-16(14)21-20(25)15-7-4-10-24(12-15)13-18-22-19(23-26-18)17-9-5-11-27-17/h2-3,5-6,8-9,11,15H,4,7,10,12-13H2,1H3,(H,21,25). The zero-order valence-corrected chi connectivity index (χ0v) is 16.0. The zero-order chi connectivity index (χ0) is 18.6. The number of para-hydroxylation sites is 1. The third-order valence-electron chi connectivity index (χ3n) is 4.85. The normalized spacial score (nSPS) is 17.7. The molecule has 7 heteroatoms. The molecule has 1 aromatic carbocycles. The topological polar surface area (TPSA) is 71.3 Å². The molecule has 0 aliphatic carbocycles. The molecule has 0 radical (unpaired) electrons. The van der Waals surface area contributed by atoms with Crippen LogP contribution in [0.2, 0.25) is 0 Å². The minimum atomic E-state index is -0.0296. The van der Waals surface area contributed by atoms with Gasteiger partial charge in [0.2, 0.25) is 17.6 Å². The summed E-state index contributed by atoms with van der Waals surface area (Å²) in [6.45, 7) is 4.22. The van der Waals surface area contributed by atoms with Crippen molar-refractivity contribution in [2.45, 2.75) is 26.3 Å². The van der Waals surface area contributed by atoms with E-state index in [1.54, 1.807) is 11.3 Å². The second-order valence-electron chi connectivity index (χ2n) is 6.87. The lowest BCUT2D eigenvalue weighted by Gasteiger charge is -2.31. The van der Waals surface area contributed by atoms with Crippen LogP contribution in [-0.4, -0.2) is 34.0 Å². The van der Waals surface area contributed by atoms with Crippen LogP contribution in [0.1, 0.15) is 24.3 Å². The lowest BCUT2D eigenvalue weighted by molar-refractivity contribution is -0.121. The average Bonchev–Trinajstić information content (AvgIpc) is 3.35. The molecule has 140 valence electrons. The molecule has 1 aliphatic heterocycles. The summed E-state index contributed by atoms with van der Waals surface area (Å²) in [6.07, 6.45) is 1.89. The highest BCUT2D eigenvalue weighted by Gasteiger charge is 2.27.